The minimum atomic E-state index is -0.526. The van der Waals surface area contributed by atoms with E-state index in [9.17, 15) is 5.11 Å². The van der Waals surface area contributed by atoms with E-state index in [0.717, 1.165) is 30.7 Å². The maximum Gasteiger partial charge on any atom is 0.122 e. The van der Waals surface area contributed by atoms with Gasteiger partial charge in [0, 0.05) is 6.54 Å². The lowest BCUT2D eigenvalue weighted by atomic mass is 10.1. The van der Waals surface area contributed by atoms with Gasteiger partial charge >= 0.3 is 0 Å². The molecule has 0 fully saturated rings. The molecule has 1 aromatic rings. The summed E-state index contributed by atoms with van der Waals surface area (Å²) >= 11 is 0. The zero-order chi connectivity index (χ0) is 15.0. The molecule has 2 unspecified atom stereocenters. The van der Waals surface area contributed by atoms with Crippen LogP contribution in [0.5, 0.6) is 5.75 Å². The van der Waals surface area contributed by atoms with E-state index in [2.05, 4.69) is 11.4 Å². The molecule has 0 aliphatic rings. The predicted molar refractivity (Wildman–Crippen MR) is 81.2 cm³/mol. The third-order valence-electron chi connectivity index (χ3n) is 3.12. The monoisotopic (exact) mass is 281 g/mol. The zero-order valence-electron chi connectivity index (χ0n) is 12.7. The van der Waals surface area contributed by atoms with Crippen LogP contribution in [-0.2, 0) is 0 Å². The molecule has 4 heteroatoms. The first-order chi connectivity index (χ1) is 9.49. The Morgan fingerprint density at radius 2 is 2.00 bits per heavy atom. The van der Waals surface area contributed by atoms with Crippen molar-refractivity contribution in [1.29, 1.82) is 0 Å². The maximum absolute atomic E-state index is 9.83. The molecule has 0 saturated heterocycles. The van der Waals surface area contributed by atoms with E-state index in [1.807, 2.05) is 26.0 Å². The van der Waals surface area contributed by atoms with Gasteiger partial charge in [-0.05, 0) is 51.8 Å². The van der Waals surface area contributed by atoms with Crippen molar-refractivity contribution in [3.63, 3.8) is 0 Å². The number of hydrogen-bond donors (Lipinski definition) is 3. The molecule has 1 rings (SSSR count). The molecule has 114 valence electrons. The Bertz CT molecular complexity index is 393. The number of ether oxygens (including phenoxy) is 1. The fourth-order valence-electron chi connectivity index (χ4n) is 2.00. The van der Waals surface area contributed by atoms with Crippen LogP contribution in [0.15, 0.2) is 18.2 Å². The van der Waals surface area contributed by atoms with Crippen molar-refractivity contribution in [2.45, 2.75) is 45.8 Å². The van der Waals surface area contributed by atoms with E-state index >= 15 is 0 Å². The molecule has 0 aliphatic heterocycles. The highest BCUT2D eigenvalue weighted by Crippen LogP contribution is 2.18. The third-order valence-corrected chi connectivity index (χ3v) is 3.12. The van der Waals surface area contributed by atoms with Crippen LogP contribution in [0.4, 0.5) is 0 Å². The normalized spacial score (nSPS) is 14.1. The quantitative estimate of drug-likeness (QED) is 0.604. The van der Waals surface area contributed by atoms with E-state index in [1.165, 1.54) is 5.56 Å². The first-order valence-electron chi connectivity index (χ1n) is 7.26. The summed E-state index contributed by atoms with van der Waals surface area (Å²) in [6.07, 6.45) is 0.904. The van der Waals surface area contributed by atoms with E-state index in [-0.39, 0.29) is 12.7 Å². The van der Waals surface area contributed by atoms with Crippen molar-refractivity contribution < 1.29 is 14.9 Å². The number of nitrogens with one attached hydrogen (secondary N) is 1. The van der Waals surface area contributed by atoms with Gasteiger partial charge in [0.1, 0.15) is 18.5 Å². The Kier molecular flexibility index (Phi) is 7.59. The third kappa shape index (κ3) is 6.89. The summed E-state index contributed by atoms with van der Waals surface area (Å²) in [6.45, 7) is 7.42. The second kappa shape index (κ2) is 8.95. The average Bonchev–Trinajstić information content (AvgIpc) is 2.37. The van der Waals surface area contributed by atoms with Crippen LogP contribution in [0, 0.1) is 13.8 Å². The van der Waals surface area contributed by atoms with Gasteiger partial charge in [-0.2, -0.15) is 0 Å². The van der Waals surface area contributed by atoms with Crippen LogP contribution in [-0.4, -0.2) is 42.1 Å². The first kappa shape index (κ1) is 17.0. The van der Waals surface area contributed by atoms with Crippen LogP contribution in [0.1, 0.15) is 30.9 Å². The molecule has 0 aliphatic carbocycles. The molecular weight excluding hydrogens is 254 g/mol. The summed E-state index contributed by atoms with van der Waals surface area (Å²) in [5.41, 5.74) is 2.29. The van der Waals surface area contributed by atoms with Crippen LogP contribution in [0.3, 0.4) is 0 Å². The van der Waals surface area contributed by atoms with Gasteiger partial charge in [0.2, 0.25) is 0 Å². The molecule has 0 heterocycles. The van der Waals surface area contributed by atoms with Crippen LogP contribution in [0.25, 0.3) is 0 Å². The number of aryl methyl sites for hydroxylation is 2. The molecule has 0 spiro atoms. The van der Waals surface area contributed by atoms with E-state index in [4.69, 9.17) is 9.84 Å². The number of benzene rings is 1. The smallest absolute Gasteiger partial charge is 0.122 e. The van der Waals surface area contributed by atoms with Gasteiger partial charge in [-0.25, -0.2) is 0 Å². The molecule has 0 saturated carbocycles. The van der Waals surface area contributed by atoms with Gasteiger partial charge in [0.05, 0.1) is 6.10 Å². The predicted octanol–water partition coefficient (Wildman–Crippen LogP) is 1.79. The number of hydrogen-bond acceptors (Lipinski definition) is 4. The lowest BCUT2D eigenvalue weighted by molar-refractivity contribution is 0.105. The molecular formula is C16H27NO3. The Morgan fingerprint density at radius 1 is 1.25 bits per heavy atom. The fraction of sp³-hybridized carbons (Fsp3) is 0.625. The summed E-state index contributed by atoms with van der Waals surface area (Å²) in [4.78, 5) is 0. The SMILES string of the molecule is Cc1ccc(OCC(O)CNCCCC(C)O)c(C)c1. The van der Waals surface area contributed by atoms with Crippen molar-refractivity contribution >= 4 is 0 Å². The Labute approximate surface area is 121 Å². The molecule has 0 radical (unpaired) electrons. The second-order valence-corrected chi connectivity index (χ2v) is 5.43. The zero-order valence-corrected chi connectivity index (χ0v) is 12.7. The van der Waals surface area contributed by atoms with Gasteiger partial charge in [-0.15, -0.1) is 0 Å². The van der Waals surface area contributed by atoms with Gasteiger partial charge in [-0.1, -0.05) is 17.7 Å². The standard InChI is InChI=1S/C16H27NO3/c1-12-6-7-16(13(2)9-12)20-11-15(19)10-17-8-4-5-14(3)18/h6-7,9,14-15,17-19H,4-5,8,10-11H2,1-3H3. The molecule has 0 amide bonds. The summed E-state index contributed by atoms with van der Waals surface area (Å²) in [6, 6.07) is 6.01. The van der Waals surface area contributed by atoms with Crippen molar-refractivity contribution in [2.75, 3.05) is 19.7 Å². The lowest BCUT2D eigenvalue weighted by Crippen LogP contribution is -2.32. The maximum atomic E-state index is 9.83. The van der Waals surface area contributed by atoms with Crippen molar-refractivity contribution in [3.8, 4) is 5.75 Å². The van der Waals surface area contributed by atoms with Gasteiger partial charge in [0.25, 0.3) is 0 Å². The van der Waals surface area contributed by atoms with Crippen LogP contribution >= 0.6 is 0 Å². The number of aliphatic hydroxyl groups is 2. The van der Waals surface area contributed by atoms with Crippen molar-refractivity contribution in [2.24, 2.45) is 0 Å². The summed E-state index contributed by atoms with van der Waals surface area (Å²) < 4.78 is 5.62. The average molecular weight is 281 g/mol. The second-order valence-electron chi connectivity index (χ2n) is 5.43. The molecule has 20 heavy (non-hydrogen) atoms. The van der Waals surface area contributed by atoms with Gasteiger partial charge < -0.3 is 20.3 Å². The van der Waals surface area contributed by atoms with Gasteiger partial charge in [0.15, 0.2) is 0 Å². The highest BCUT2D eigenvalue weighted by molar-refractivity contribution is 5.35. The van der Waals surface area contributed by atoms with E-state index in [1.54, 1.807) is 6.92 Å². The molecule has 3 N–H and O–H groups in total. The molecule has 0 bridgehead atoms. The summed E-state index contributed by atoms with van der Waals surface area (Å²) in [5.74, 6) is 0.823. The summed E-state index contributed by atoms with van der Waals surface area (Å²) in [7, 11) is 0. The highest BCUT2D eigenvalue weighted by atomic mass is 16.5. The Morgan fingerprint density at radius 3 is 2.65 bits per heavy atom. The van der Waals surface area contributed by atoms with E-state index < -0.39 is 6.10 Å². The molecule has 0 aromatic heterocycles. The minimum Gasteiger partial charge on any atom is -0.491 e. The first-order valence-corrected chi connectivity index (χ1v) is 7.26. The molecule has 1 aromatic carbocycles. The number of rotatable bonds is 9. The topological polar surface area (TPSA) is 61.7 Å². The highest BCUT2D eigenvalue weighted by Gasteiger charge is 2.06. The number of aliphatic hydroxyl groups excluding tert-OH is 2. The van der Waals surface area contributed by atoms with Crippen molar-refractivity contribution in [3.05, 3.63) is 29.3 Å². The Balaban J connectivity index is 2.18. The van der Waals surface area contributed by atoms with Crippen LogP contribution in [0.2, 0.25) is 0 Å². The minimum absolute atomic E-state index is 0.255. The van der Waals surface area contributed by atoms with E-state index in [0.29, 0.717) is 6.54 Å². The molecule has 2 atom stereocenters. The largest absolute Gasteiger partial charge is 0.491 e. The van der Waals surface area contributed by atoms with Crippen LogP contribution < -0.4 is 10.1 Å². The fourth-order valence-corrected chi connectivity index (χ4v) is 2.00. The summed E-state index contributed by atoms with van der Waals surface area (Å²) in [5, 5.41) is 22.1. The lowest BCUT2D eigenvalue weighted by Gasteiger charge is -2.15. The van der Waals surface area contributed by atoms with Crippen molar-refractivity contribution in [1.82, 2.24) is 5.32 Å². The Hall–Kier alpha value is -1.10. The molecule has 4 nitrogen and oxygen atoms in total. The van der Waals surface area contributed by atoms with Gasteiger partial charge in [-0.3, -0.25) is 0 Å².